The van der Waals surface area contributed by atoms with Gasteiger partial charge in [0, 0.05) is 28.0 Å². The highest BCUT2D eigenvalue weighted by atomic mass is 32.2. The smallest absolute Gasteiger partial charge is 0.0317 e. The van der Waals surface area contributed by atoms with Crippen molar-refractivity contribution in [3.05, 3.63) is 0 Å². The quantitative estimate of drug-likeness (QED) is 0.799. The van der Waals surface area contributed by atoms with E-state index in [4.69, 9.17) is 0 Å². The fourth-order valence-corrected chi connectivity index (χ4v) is 5.24. The first-order valence-corrected chi connectivity index (χ1v) is 7.81. The molecule has 1 aliphatic carbocycles. The van der Waals surface area contributed by atoms with Gasteiger partial charge in [-0.3, -0.25) is 0 Å². The SMILES string of the molecule is CNC(CC1CC1)C1SCCSC1C. The molecule has 3 unspecified atom stereocenters. The Kier molecular flexibility index (Phi) is 4.09. The summed E-state index contributed by atoms with van der Waals surface area (Å²) in [4.78, 5) is 0. The third-order valence-electron chi connectivity index (χ3n) is 3.29. The Hall–Kier alpha value is 0.660. The first kappa shape index (κ1) is 11.2. The predicted molar refractivity (Wildman–Crippen MR) is 68.4 cm³/mol. The molecule has 3 atom stereocenters. The van der Waals surface area contributed by atoms with Crippen molar-refractivity contribution in [3.8, 4) is 0 Å². The van der Waals surface area contributed by atoms with Crippen LogP contribution in [0.3, 0.4) is 0 Å². The zero-order valence-electron chi connectivity index (χ0n) is 9.16. The van der Waals surface area contributed by atoms with Crippen LogP contribution >= 0.6 is 23.5 Å². The number of thioether (sulfide) groups is 2. The second-order valence-corrected chi connectivity index (χ2v) is 7.26. The Labute approximate surface area is 96.2 Å². The Morgan fingerprint density at radius 2 is 2.00 bits per heavy atom. The van der Waals surface area contributed by atoms with Crippen molar-refractivity contribution in [1.29, 1.82) is 0 Å². The van der Waals surface area contributed by atoms with Crippen molar-refractivity contribution >= 4 is 23.5 Å². The third-order valence-corrected chi connectivity index (χ3v) is 6.54. The molecular formula is C11H21NS2. The van der Waals surface area contributed by atoms with E-state index in [2.05, 4.69) is 42.8 Å². The molecule has 1 aliphatic heterocycles. The van der Waals surface area contributed by atoms with Gasteiger partial charge < -0.3 is 5.32 Å². The maximum Gasteiger partial charge on any atom is 0.0317 e. The Bertz CT molecular complexity index is 182. The summed E-state index contributed by atoms with van der Waals surface area (Å²) in [6.45, 7) is 2.40. The summed E-state index contributed by atoms with van der Waals surface area (Å²) >= 11 is 4.35. The maximum absolute atomic E-state index is 3.54. The molecule has 2 fully saturated rings. The molecule has 82 valence electrons. The van der Waals surface area contributed by atoms with Crippen LogP contribution in [0, 0.1) is 5.92 Å². The molecule has 0 radical (unpaired) electrons. The highest BCUT2D eigenvalue weighted by Gasteiger charge is 2.33. The van der Waals surface area contributed by atoms with Crippen molar-refractivity contribution in [2.24, 2.45) is 5.92 Å². The molecule has 0 aromatic heterocycles. The summed E-state index contributed by atoms with van der Waals surface area (Å²) < 4.78 is 0. The lowest BCUT2D eigenvalue weighted by Gasteiger charge is -2.34. The van der Waals surface area contributed by atoms with Crippen LogP contribution in [0.1, 0.15) is 26.2 Å². The second-order valence-electron chi connectivity index (χ2n) is 4.49. The first-order valence-electron chi connectivity index (χ1n) is 5.71. The average Bonchev–Trinajstić information content (AvgIpc) is 2.99. The van der Waals surface area contributed by atoms with Crippen LogP contribution in [0.25, 0.3) is 0 Å². The lowest BCUT2D eigenvalue weighted by atomic mass is 10.0. The molecule has 0 aromatic rings. The van der Waals surface area contributed by atoms with Crippen molar-refractivity contribution in [2.75, 3.05) is 18.6 Å². The van der Waals surface area contributed by atoms with E-state index in [9.17, 15) is 0 Å². The van der Waals surface area contributed by atoms with E-state index in [0.717, 1.165) is 22.5 Å². The van der Waals surface area contributed by atoms with Crippen molar-refractivity contribution in [1.82, 2.24) is 5.32 Å². The predicted octanol–water partition coefficient (Wildman–Crippen LogP) is 2.61. The monoisotopic (exact) mass is 231 g/mol. The molecule has 0 aromatic carbocycles. The van der Waals surface area contributed by atoms with Crippen LogP contribution in [0.5, 0.6) is 0 Å². The highest BCUT2D eigenvalue weighted by Crippen LogP contribution is 2.39. The van der Waals surface area contributed by atoms with Gasteiger partial charge in [-0.2, -0.15) is 23.5 Å². The van der Waals surface area contributed by atoms with Gasteiger partial charge in [0.25, 0.3) is 0 Å². The highest BCUT2D eigenvalue weighted by molar-refractivity contribution is 8.07. The van der Waals surface area contributed by atoms with E-state index in [1.54, 1.807) is 0 Å². The van der Waals surface area contributed by atoms with Gasteiger partial charge in [0.2, 0.25) is 0 Å². The maximum atomic E-state index is 3.54. The number of rotatable bonds is 4. The van der Waals surface area contributed by atoms with Crippen LogP contribution in [0.4, 0.5) is 0 Å². The molecule has 1 saturated carbocycles. The summed E-state index contributed by atoms with van der Waals surface area (Å²) in [5, 5.41) is 5.22. The standard InChI is InChI=1S/C11H21NS2/c1-8-11(14-6-5-13-8)10(12-2)7-9-3-4-9/h8-12H,3-7H2,1-2H3. The van der Waals surface area contributed by atoms with Gasteiger partial charge in [-0.05, 0) is 19.4 Å². The van der Waals surface area contributed by atoms with Crippen LogP contribution in [-0.4, -0.2) is 35.1 Å². The van der Waals surface area contributed by atoms with Crippen LogP contribution < -0.4 is 5.32 Å². The Morgan fingerprint density at radius 1 is 1.29 bits per heavy atom. The van der Waals surface area contributed by atoms with Crippen LogP contribution in [0.15, 0.2) is 0 Å². The minimum atomic E-state index is 0.760. The molecule has 1 heterocycles. The van der Waals surface area contributed by atoms with E-state index >= 15 is 0 Å². The van der Waals surface area contributed by atoms with Gasteiger partial charge in [0.05, 0.1) is 0 Å². The molecule has 1 nitrogen and oxygen atoms in total. The van der Waals surface area contributed by atoms with Crippen LogP contribution in [-0.2, 0) is 0 Å². The van der Waals surface area contributed by atoms with Gasteiger partial charge in [-0.15, -0.1) is 0 Å². The fraction of sp³-hybridized carbons (Fsp3) is 1.00. The molecule has 2 aliphatic rings. The molecule has 0 amide bonds. The van der Waals surface area contributed by atoms with Gasteiger partial charge in [0.15, 0.2) is 0 Å². The van der Waals surface area contributed by atoms with E-state index in [0.29, 0.717) is 0 Å². The molecular weight excluding hydrogens is 210 g/mol. The zero-order valence-corrected chi connectivity index (χ0v) is 10.8. The Morgan fingerprint density at radius 3 is 2.57 bits per heavy atom. The summed E-state index contributed by atoms with van der Waals surface area (Å²) in [5.74, 6) is 3.75. The lowest BCUT2D eigenvalue weighted by Crippen LogP contribution is -2.43. The van der Waals surface area contributed by atoms with Crippen LogP contribution in [0.2, 0.25) is 0 Å². The van der Waals surface area contributed by atoms with E-state index in [1.165, 1.54) is 30.8 Å². The van der Waals surface area contributed by atoms with Crippen molar-refractivity contribution in [2.45, 2.75) is 42.7 Å². The molecule has 2 rings (SSSR count). The number of nitrogens with one attached hydrogen (secondary N) is 1. The molecule has 3 heteroatoms. The zero-order chi connectivity index (χ0) is 9.97. The number of hydrogen-bond donors (Lipinski definition) is 1. The van der Waals surface area contributed by atoms with E-state index in [1.807, 2.05) is 0 Å². The summed E-state index contributed by atoms with van der Waals surface area (Å²) in [6.07, 6.45) is 4.38. The van der Waals surface area contributed by atoms with Gasteiger partial charge in [-0.25, -0.2) is 0 Å². The van der Waals surface area contributed by atoms with E-state index < -0.39 is 0 Å². The first-order chi connectivity index (χ1) is 6.81. The normalized spacial score (nSPS) is 35.6. The number of hydrogen-bond acceptors (Lipinski definition) is 3. The lowest BCUT2D eigenvalue weighted by molar-refractivity contribution is 0.473. The molecule has 1 saturated heterocycles. The van der Waals surface area contributed by atoms with Crippen molar-refractivity contribution < 1.29 is 0 Å². The van der Waals surface area contributed by atoms with Gasteiger partial charge in [0.1, 0.15) is 0 Å². The Balaban J connectivity index is 1.87. The van der Waals surface area contributed by atoms with E-state index in [-0.39, 0.29) is 0 Å². The summed E-state index contributed by atoms with van der Waals surface area (Å²) in [6, 6.07) is 0.760. The minimum Gasteiger partial charge on any atom is -0.316 e. The summed E-state index contributed by atoms with van der Waals surface area (Å²) in [7, 11) is 2.14. The van der Waals surface area contributed by atoms with Gasteiger partial charge in [-0.1, -0.05) is 19.8 Å². The largest absolute Gasteiger partial charge is 0.316 e. The average molecular weight is 231 g/mol. The third kappa shape index (κ3) is 2.83. The van der Waals surface area contributed by atoms with Crippen molar-refractivity contribution in [3.63, 3.8) is 0 Å². The molecule has 0 spiro atoms. The molecule has 14 heavy (non-hydrogen) atoms. The minimum absolute atomic E-state index is 0.760. The second kappa shape index (κ2) is 5.13. The summed E-state index contributed by atoms with van der Waals surface area (Å²) in [5.41, 5.74) is 0. The molecule has 1 N–H and O–H groups in total. The van der Waals surface area contributed by atoms with Gasteiger partial charge >= 0.3 is 0 Å². The topological polar surface area (TPSA) is 12.0 Å². The fourth-order valence-electron chi connectivity index (χ4n) is 2.22. The molecule has 0 bridgehead atoms.